The number of H-pyrrole nitrogens is 1. The molecule has 0 aliphatic carbocycles. The van der Waals surface area contributed by atoms with Crippen LogP contribution in [0.1, 0.15) is 36.9 Å². The first-order chi connectivity index (χ1) is 17.2. The van der Waals surface area contributed by atoms with E-state index in [1.807, 2.05) is 29.0 Å². The van der Waals surface area contributed by atoms with Gasteiger partial charge >= 0.3 is 0 Å². The molecule has 9 nitrogen and oxygen atoms in total. The van der Waals surface area contributed by atoms with Crippen LogP contribution in [0.25, 0.3) is 11.4 Å². The van der Waals surface area contributed by atoms with Crippen molar-refractivity contribution in [3.05, 3.63) is 87.0 Å². The maximum atomic E-state index is 13.1. The van der Waals surface area contributed by atoms with Crippen LogP contribution in [0.5, 0.6) is 5.75 Å². The van der Waals surface area contributed by atoms with E-state index in [2.05, 4.69) is 44.3 Å². The number of phenols is 1. The first-order valence-corrected chi connectivity index (χ1v) is 13.9. The summed E-state index contributed by atoms with van der Waals surface area (Å²) >= 11 is 3.10. The summed E-state index contributed by atoms with van der Waals surface area (Å²) < 4.78 is 29.7. The van der Waals surface area contributed by atoms with Crippen LogP contribution in [0, 0.1) is 0 Å². The number of halogens is 1. The molecule has 0 spiro atoms. The summed E-state index contributed by atoms with van der Waals surface area (Å²) in [5.74, 6) is 1.06. The highest BCUT2D eigenvalue weighted by molar-refractivity contribution is 9.10. The molecule has 3 aromatic rings. The number of hydrogen-bond donors (Lipinski definition) is 3. The highest BCUT2D eigenvalue weighted by atomic mass is 79.9. The Bertz CT molecular complexity index is 1520. The molecule has 0 unspecified atom stereocenters. The number of piperidine rings is 1. The van der Waals surface area contributed by atoms with E-state index >= 15 is 0 Å². The van der Waals surface area contributed by atoms with Crippen molar-refractivity contribution in [2.75, 3.05) is 13.1 Å². The molecule has 2 aromatic heterocycles. The first kappa shape index (κ1) is 24.5. The van der Waals surface area contributed by atoms with Gasteiger partial charge in [0.15, 0.2) is 0 Å². The molecule has 2 aliphatic rings. The van der Waals surface area contributed by atoms with Gasteiger partial charge in [0, 0.05) is 43.0 Å². The number of para-hydroxylation sites is 1. The zero-order chi connectivity index (χ0) is 25.4. The number of rotatable bonds is 5. The van der Waals surface area contributed by atoms with Crippen molar-refractivity contribution < 1.29 is 13.5 Å². The van der Waals surface area contributed by atoms with Gasteiger partial charge in [0.1, 0.15) is 11.6 Å². The summed E-state index contributed by atoms with van der Waals surface area (Å²) in [5.41, 5.74) is 2.26. The molecule has 0 radical (unpaired) electrons. The van der Waals surface area contributed by atoms with Crippen LogP contribution in [-0.2, 0) is 10.0 Å². The molecule has 0 bridgehead atoms. The van der Waals surface area contributed by atoms with Gasteiger partial charge in [0.2, 0.25) is 10.0 Å². The minimum atomic E-state index is -3.72. The molecule has 188 valence electrons. The topological polar surface area (TPSA) is 120 Å². The Morgan fingerprint density at radius 3 is 2.67 bits per heavy atom. The van der Waals surface area contributed by atoms with Gasteiger partial charge in [-0.15, -0.1) is 0 Å². The lowest BCUT2D eigenvalue weighted by Crippen LogP contribution is -2.45. The standard InChI is InChI=1S/C25H26BrN5O4S/c1-16-12-17(20-4-2-3-5-23(20)32)13-24(31-22(16)6-9-28-31)29-18-7-10-30(11-8-18)36(34,35)19-14-21(26)25(33)27-15-19/h2-6,9,12-16,18,29,32H,7-8,10-11H2,1H3,(H,27,33)/t16-/m1/s1. The second-order valence-electron chi connectivity index (χ2n) is 8.96. The maximum absolute atomic E-state index is 13.1. The fourth-order valence-corrected chi connectivity index (χ4v) is 6.62. The van der Waals surface area contributed by atoms with E-state index < -0.39 is 10.0 Å². The fourth-order valence-electron chi connectivity index (χ4n) is 4.64. The van der Waals surface area contributed by atoms with Crippen LogP contribution in [0.2, 0.25) is 0 Å². The molecule has 1 saturated heterocycles. The highest BCUT2D eigenvalue weighted by Gasteiger charge is 2.31. The van der Waals surface area contributed by atoms with Crippen molar-refractivity contribution in [2.45, 2.75) is 36.6 Å². The molecule has 2 aliphatic heterocycles. The Balaban J connectivity index is 1.36. The van der Waals surface area contributed by atoms with Crippen molar-refractivity contribution in [3.8, 4) is 5.75 Å². The first-order valence-electron chi connectivity index (χ1n) is 11.6. The van der Waals surface area contributed by atoms with Gasteiger partial charge in [-0.1, -0.05) is 31.2 Å². The molecule has 0 amide bonds. The Labute approximate surface area is 217 Å². The third kappa shape index (κ3) is 4.65. The number of nitrogens with zero attached hydrogens (tertiary/aromatic N) is 3. The van der Waals surface area contributed by atoms with Gasteiger partial charge in [-0.05, 0) is 58.6 Å². The number of pyridine rings is 1. The second-order valence-corrected chi connectivity index (χ2v) is 11.8. The molecule has 1 atom stereocenters. The van der Waals surface area contributed by atoms with E-state index in [1.165, 1.54) is 16.6 Å². The van der Waals surface area contributed by atoms with Crippen LogP contribution in [0.4, 0.5) is 0 Å². The predicted molar refractivity (Wildman–Crippen MR) is 141 cm³/mol. The zero-order valence-corrected chi connectivity index (χ0v) is 22.0. The van der Waals surface area contributed by atoms with Gasteiger partial charge in [-0.2, -0.15) is 9.40 Å². The summed E-state index contributed by atoms with van der Waals surface area (Å²) in [6.07, 6.45) is 8.28. The van der Waals surface area contributed by atoms with Gasteiger partial charge in [0.05, 0.1) is 15.1 Å². The number of allylic oxidation sites excluding steroid dienone is 3. The van der Waals surface area contributed by atoms with E-state index in [1.54, 1.807) is 18.3 Å². The lowest BCUT2D eigenvalue weighted by atomic mass is 9.99. The van der Waals surface area contributed by atoms with Crippen molar-refractivity contribution in [1.82, 2.24) is 24.4 Å². The van der Waals surface area contributed by atoms with E-state index in [0.717, 1.165) is 22.7 Å². The second kappa shape index (κ2) is 9.72. The summed E-state index contributed by atoms with van der Waals surface area (Å²) in [7, 11) is -3.72. The molecule has 5 rings (SSSR count). The molecule has 0 saturated carbocycles. The molecule has 36 heavy (non-hydrogen) atoms. The summed E-state index contributed by atoms with van der Waals surface area (Å²) in [5, 5.41) is 18.5. The lowest BCUT2D eigenvalue weighted by Gasteiger charge is -2.32. The zero-order valence-electron chi connectivity index (χ0n) is 19.6. The third-order valence-electron chi connectivity index (χ3n) is 6.58. The predicted octanol–water partition coefficient (Wildman–Crippen LogP) is 3.48. The Kier molecular flexibility index (Phi) is 6.62. The van der Waals surface area contributed by atoms with Crippen molar-refractivity contribution in [3.63, 3.8) is 0 Å². The largest absolute Gasteiger partial charge is 0.507 e. The molecule has 3 N–H and O–H groups in total. The normalized spacial score (nSPS) is 19.2. The van der Waals surface area contributed by atoms with E-state index in [9.17, 15) is 18.3 Å². The molecule has 1 aromatic carbocycles. The van der Waals surface area contributed by atoms with Crippen molar-refractivity contribution in [2.24, 2.45) is 0 Å². The smallest absolute Gasteiger partial charge is 0.262 e. The monoisotopic (exact) mass is 571 g/mol. The Morgan fingerprint density at radius 1 is 1.19 bits per heavy atom. The lowest BCUT2D eigenvalue weighted by molar-refractivity contribution is 0.303. The molecular weight excluding hydrogens is 546 g/mol. The van der Waals surface area contributed by atoms with Crippen LogP contribution >= 0.6 is 15.9 Å². The average Bonchev–Trinajstić information content (AvgIpc) is 3.31. The van der Waals surface area contributed by atoms with Crippen LogP contribution in [0.15, 0.2) is 75.1 Å². The number of sulfonamides is 1. The minimum Gasteiger partial charge on any atom is -0.507 e. The van der Waals surface area contributed by atoms with Gasteiger partial charge in [-0.25, -0.2) is 13.1 Å². The number of aromatic hydroxyl groups is 1. The quantitative estimate of drug-likeness (QED) is 0.431. The van der Waals surface area contributed by atoms with E-state index in [-0.39, 0.29) is 32.6 Å². The van der Waals surface area contributed by atoms with Crippen molar-refractivity contribution in [1.29, 1.82) is 0 Å². The maximum Gasteiger partial charge on any atom is 0.262 e. The molecular formula is C25H26BrN5O4S. The van der Waals surface area contributed by atoms with Crippen LogP contribution in [-0.4, -0.2) is 51.7 Å². The number of nitrogens with one attached hydrogen (secondary N) is 2. The number of phenolic OH excluding ortho intramolecular Hbond substituents is 1. The number of aromatic amines is 1. The van der Waals surface area contributed by atoms with Gasteiger partial charge < -0.3 is 15.4 Å². The van der Waals surface area contributed by atoms with Crippen molar-refractivity contribution >= 4 is 37.3 Å². The van der Waals surface area contributed by atoms with Gasteiger partial charge in [0.25, 0.3) is 5.56 Å². The minimum absolute atomic E-state index is 0.0288. The third-order valence-corrected chi connectivity index (χ3v) is 9.04. The highest BCUT2D eigenvalue weighted by Crippen LogP contribution is 2.34. The van der Waals surface area contributed by atoms with Crippen LogP contribution in [0.3, 0.4) is 0 Å². The van der Waals surface area contributed by atoms with E-state index in [0.29, 0.717) is 25.9 Å². The summed E-state index contributed by atoms with van der Waals surface area (Å²) in [4.78, 5) is 14.1. The number of fused-ring (bicyclic) bond motifs is 1. The van der Waals surface area contributed by atoms with Gasteiger partial charge in [-0.3, -0.25) is 4.79 Å². The molecule has 4 heterocycles. The Hall–Kier alpha value is -3.15. The molecule has 11 heteroatoms. The SMILES string of the molecule is C[C@@H]1C=C(c2ccccc2O)C=C(NC2CCN(S(=O)(=O)c3c[nH]c(=O)c(Br)c3)CC2)n2nccc21. The van der Waals surface area contributed by atoms with Crippen LogP contribution < -0.4 is 10.9 Å². The molecule has 1 fully saturated rings. The summed E-state index contributed by atoms with van der Waals surface area (Å²) in [6.45, 7) is 2.77. The summed E-state index contributed by atoms with van der Waals surface area (Å²) in [6, 6.07) is 10.6. The number of aromatic nitrogens is 3. The average molecular weight is 572 g/mol. The fraction of sp³-hybridized carbons (Fsp3) is 0.280. The van der Waals surface area contributed by atoms with E-state index in [4.69, 9.17) is 0 Å². The Morgan fingerprint density at radius 2 is 1.94 bits per heavy atom. The number of hydrogen-bond acceptors (Lipinski definition) is 6. The number of benzene rings is 1.